The van der Waals surface area contributed by atoms with E-state index < -0.39 is 29.4 Å². The molecular weight excluding hydrogens is 512 g/mol. The molecule has 2 atom stereocenters. The molecule has 2 unspecified atom stereocenters. The van der Waals surface area contributed by atoms with Crippen LogP contribution < -0.4 is 0 Å². The van der Waals surface area contributed by atoms with Crippen LogP contribution in [0.4, 0.5) is 17.6 Å². The minimum atomic E-state index is -0.926. The van der Waals surface area contributed by atoms with Crippen LogP contribution in [0.5, 0.6) is 0 Å². The van der Waals surface area contributed by atoms with Crippen LogP contribution in [0.25, 0.3) is 22.3 Å². The topological polar surface area (TPSA) is 9.23 Å². The number of hydrogen-bond acceptors (Lipinski definition) is 1. The first kappa shape index (κ1) is 30.0. The van der Waals surface area contributed by atoms with E-state index in [9.17, 15) is 8.78 Å². The molecule has 3 aromatic carbocycles. The Balaban J connectivity index is 1.44. The molecule has 0 aliphatic carbocycles. The molecule has 1 aliphatic rings. The summed E-state index contributed by atoms with van der Waals surface area (Å²) in [7, 11) is 0. The fourth-order valence-corrected chi connectivity index (χ4v) is 5.57. The third-order valence-electron chi connectivity index (χ3n) is 8.03. The van der Waals surface area contributed by atoms with Gasteiger partial charge in [0.1, 0.15) is 0 Å². The third-order valence-corrected chi connectivity index (χ3v) is 8.03. The second-order valence-corrected chi connectivity index (χ2v) is 10.9. The molecule has 0 radical (unpaired) electrons. The first-order chi connectivity index (χ1) is 19.4. The smallest absolute Gasteiger partial charge is 0.167 e. The first-order valence-electron chi connectivity index (χ1n) is 14.7. The van der Waals surface area contributed by atoms with E-state index in [1.165, 1.54) is 0 Å². The second kappa shape index (κ2) is 14.6. The van der Waals surface area contributed by atoms with Gasteiger partial charge < -0.3 is 4.74 Å². The number of rotatable bonds is 12. The molecule has 1 saturated heterocycles. The van der Waals surface area contributed by atoms with Gasteiger partial charge in [-0.3, -0.25) is 0 Å². The average molecular weight is 553 g/mol. The summed E-state index contributed by atoms with van der Waals surface area (Å²) in [6, 6.07) is 12.9. The molecule has 4 rings (SSSR count). The lowest BCUT2D eigenvalue weighted by Crippen LogP contribution is -2.21. The zero-order valence-electron chi connectivity index (χ0n) is 23.6. The number of hydrogen-bond donors (Lipinski definition) is 0. The maximum Gasteiger partial charge on any atom is 0.167 e. The van der Waals surface area contributed by atoms with Crippen LogP contribution in [0.1, 0.15) is 88.9 Å². The van der Waals surface area contributed by atoms with Crippen molar-refractivity contribution in [3.63, 3.8) is 0 Å². The van der Waals surface area contributed by atoms with Crippen molar-refractivity contribution in [1.82, 2.24) is 0 Å². The summed E-state index contributed by atoms with van der Waals surface area (Å²) in [4.78, 5) is 0. The number of unbranched alkanes of at least 4 members (excludes halogenated alkanes) is 4. The average Bonchev–Trinajstić information content (AvgIpc) is 2.97. The molecule has 0 amide bonds. The molecule has 0 saturated carbocycles. The molecule has 3 aromatic rings. The number of ether oxygens (including phenoxy) is 1. The van der Waals surface area contributed by atoms with E-state index in [0.29, 0.717) is 42.1 Å². The van der Waals surface area contributed by atoms with Crippen LogP contribution in [0.3, 0.4) is 0 Å². The summed E-state index contributed by atoms with van der Waals surface area (Å²) < 4.78 is 66.0. The lowest BCUT2D eigenvalue weighted by atomic mass is 9.90. The van der Waals surface area contributed by atoms with E-state index in [0.717, 1.165) is 51.4 Å². The molecule has 1 fully saturated rings. The molecule has 1 nitrogen and oxygen atoms in total. The molecule has 5 heteroatoms. The molecule has 1 heterocycles. The predicted octanol–water partition coefficient (Wildman–Crippen LogP) is 10.9. The van der Waals surface area contributed by atoms with Crippen LogP contribution in [0.2, 0.25) is 0 Å². The van der Waals surface area contributed by atoms with Crippen molar-refractivity contribution in [1.29, 1.82) is 0 Å². The number of allylic oxidation sites excluding steroid dienone is 2. The lowest BCUT2D eigenvalue weighted by Gasteiger charge is -2.29. The van der Waals surface area contributed by atoms with E-state index in [1.807, 2.05) is 13.0 Å². The van der Waals surface area contributed by atoms with Crippen LogP contribution >= 0.6 is 0 Å². The van der Waals surface area contributed by atoms with Crippen molar-refractivity contribution in [2.45, 2.75) is 84.2 Å². The van der Waals surface area contributed by atoms with Crippen LogP contribution in [0, 0.1) is 29.2 Å². The Morgan fingerprint density at radius 1 is 0.750 bits per heavy atom. The van der Waals surface area contributed by atoms with Gasteiger partial charge in [0.25, 0.3) is 0 Å². The molecule has 40 heavy (non-hydrogen) atoms. The highest BCUT2D eigenvalue weighted by molar-refractivity contribution is 5.71. The van der Waals surface area contributed by atoms with Crippen LogP contribution in [-0.2, 0) is 11.2 Å². The minimum absolute atomic E-state index is 0.123. The van der Waals surface area contributed by atoms with Gasteiger partial charge in [0.05, 0.1) is 12.7 Å². The summed E-state index contributed by atoms with van der Waals surface area (Å²) in [6.45, 7) is 4.68. The van der Waals surface area contributed by atoms with Gasteiger partial charge in [-0.1, -0.05) is 93.3 Å². The van der Waals surface area contributed by atoms with Gasteiger partial charge in [0.2, 0.25) is 0 Å². The summed E-state index contributed by atoms with van der Waals surface area (Å²) >= 11 is 0. The first-order valence-corrected chi connectivity index (χ1v) is 14.7. The van der Waals surface area contributed by atoms with Gasteiger partial charge in [-0.15, -0.1) is 0 Å². The Kier molecular flexibility index (Phi) is 11.0. The SMILES string of the molecule is C/C=C/CCC1CCC(c2ccc(-c3ccc(-c4ccc(CCCCCCC)c(F)c4F)cc3)c(F)c2F)OC1. The van der Waals surface area contributed by atoms with Gasteiger partial charge >= 0.3 is 0 Å². The molecule has 0 bridgehead atoms. The Labute approximate surface area is 236 Å². The highest BCUT2D eigenvalue weighted by atomic mass is 19.2. The summed E-state index contributed by atoms with van der Waals surface area (Å²) in [5.74, 6) is -3.07. The summed E-state index contributed by atoms with van der Waals surface area (Å²) in [5.41, 5.74) is 1.85. The second-order valence-electron chi connectivity index (χ2n) is 10.9. The standard InChI is InChI=1S/C35H40F4O/c1-3-5-7-8-10-12-27-18-19-28(33(37)32(27)36)25-14-16-26(17-15-25)29-20-21-30(35(39)34(29)38)31-22-13-24(23-40-31)11-9-6-4-2/h4,6,14-21,24,31H,3,5,7-13,22-23H2,1-2H3/b6-4+. The maximum absolute atomic E-state index is 15.2. The van der Waals surface area contributed by atoms with Gasteiger partial charge in [0.15, 0.2) is 23.3 Å². The van der Waals surface area contributed by atoms with Crippen molar-refractivity contribution in [3.05, 3.63) is 95.1 Å². The molecule has 0 spiro atoms. The Morgan fingerprint density at radius 3 is 2.02 bits per heavy atom. The van der Waals surface area contributed by atoms with E-state index in [2.05, 4.69) is 13.0 Å². The van der Waals surface area contributed by atoms with E-state index in [4.69, 9.17) is 4.74 Å². The monoisotopic (exact) mass is 552 g/mol. The highest BCUT2D eigenvalue weighted by Crippen LogP contribution is 2.37. The number of benzene rings is 3. The molecule has 1 aliphatic heterocycles. The Morgan fingerprint density at radius 2 is 1.40 bits per heavy atom. The van der Waals surface area contributed by atoms with Crippen molar-refractivity contribution in [2.24, 2.45) is 5.92 Å². The van der Waals surface area contributed by atoms with Crippen molar-refractivity contribution < 1.29 is 22.3 Å². The van der Waals surface area contributed by atoms with Gasteiger partial charge in [-0.2, -0.15) is 0 Å². The predicted molar refractivity (Wildman–Crippen MR) is 155 cm³/mol. The van der Waals surface area contributed by atoms with Crippen molar-refractivity contribution in [3.8, 4) is 22.3 Å². The van der Waals surface area contributed by atoms with Gasteiger partial charge in [0, 0.05) is 16.7 Å². The molecular formula is C35H40F4O. The highest BCUT2D eigenvalue weighted by Gasteiger charge is 2.27. The van der Waals surface area contributed by atoms with Gasteiger partial charge in [-0.25, -0.2) is 17.6 Å². The zero-order chi connectivity index (χ0) is 28.5. The quantitative estimate of drug-likeness (QED) is 0.123. The van der Waals surface area contributed by atoms with E-state index >= 15 is 8.78 Å². The summed E-state index contributed by atoms with van der Waals surface area (Å²) in [5, 5.41) is 0. The third kappa shape index (κ3) is 7.23. The molecule has 0 aromatic heterocycles. The Bertz CT molecular complexity index is 1270. The van der Waals surface area contributed by atoms with Crippen LogP contribution in [0.15, 0.2) is 60.7 Å². The minimum Gasteiger partial charge on any atom is -0.373 e. The van der Waals surface area contributed by atoms with Crippen LogP contribution in [-0.4, -0.2) is 6.61 Å². The lowest BCUT2D eigenvalue weighted by molar-refractivity contribution is -0.0210. The molecule has 214 valence electrons. The fourth-order valence-electron chi connectivity index (χ4n) is 5.57. The number of halogens is 4. The fraction of sp³-hybridized carbons (Fsp3) is 0.429. The largest absolute Gasteiger partial charge is 0.373 e. The number of aryl methyl sites for hydroxylation is 1. The molecule has 0 N–H and O–H groups in total. The van der Waals surface area contributed by atoms with Crippen molar-refractivity contribution in [2.75, 3.05) is 6.61 Å². The Hall–Kier alpha value is -2.92. The van der Waals surface area contributed by atoms with Crippen molar-refractivity contribution >= 4 is 0 Å². The van der Waals surface area contributed by atoms with E-state index in [1.54, 1.807) is 48.5 Å². The van der Waals surface area contributed by atoms with E-state index in [-0.39, 0.29) is 16.7 Å². The normalized spacial score (nSPS) is 17.6. The van der Waals surface area contributed by atoms with Gasteiger partial charge in [-0.05, 0) is 68.1 Å². The maximum atomic E-state index is 15.2. The summed E-state index contributed by atoms with van der Waals surface area (Å²) in [6.07, 6.45) is 13.0. The zero-order valence-corrected chi connectivity index (χ0v) is 23.6.